The average molecular weight is 338 g/mol. The van der Waals surface area contributed by atoms with Gasteiger partial charge < -0.3 is 15.5 Å². The Morgan fingerprint density at radius 2 is 1.84 bits per heavy atom. The molecule has 0 aliphatic carbocycles. The summed E-state index contributed by atoms with van der Waals surface area (Å²) in [4.78, 5) is 20.5. The minimum atomic E-state index is -1.83. The molecule has 8 nitrogen and oxygen atoms in total. The minimum Gasteiger partial charge on any atom is -0.450 e. The standard InChI is InChI=1S/C16H12N4O.CH2O3/c1-10-2-7-14-13(8-10)15(16(21)18-14)20-19-12-5-3-11(9-17)4-6-12;2-1(3)4/h2-8,19H,1H3,(H,18,20,21);(H2,2,3,4). The minimum absolute atomic E-state index is 0.225. The van der Waals surface area contributed by atoms with Gasteiger partial charge in [0.2, 0.25) is 0 Å². The van der Waals surface area contributed by atoms with Gasteiger partial charge in [-0.15, -0.1) is 0 Å². The van der Waals surface area contributed by atoms with E-state index in [4.69, 9.17) is 20.3 Å². The number of anilines is 2. The van der Waals surface area contributed by atoms with Gasteiger partial charge in [0.05, 0.1) is 23.0 Å². The molecule has 1 amide bonds. The number of hydrogen-bond acceptors (Lipinski definition) is 5. The summed E-state index contributed by atoms with van der Waals surface area (Å²) in [5, 5.41) is 29.7. The topological polar surface area (TPSA) is 135 Å². The van der Waals surface area contributed by atoms with Gasteiger partial charge >= 0.3 is 6.16 Å². The molecule has 8 heteroatoms. The number of nitriles is 1. The number of hydrazone groups is 1. The summed E-state index contributed by atoms with van der Waals surface area (Å²) in [6.07, 6.45) is -1.83. The third-order valence-corrected chi connectivity index (χ3v) is 3.20. The maximum absolute atomic E-state index is 11.9. The fourth-order valence-corrected chi connectivity index (χ4v) is 2.12. The summed E-state index contributed by atoms with van der Waals surface area (Å²) in [5.41, 5.74) is 7.13. The van der Waals surface area contributed by atoms with E-state index in [2.05, 4.69) is 15.8 Å². The van der Waals surface area contributed by atoms with Crippen LogP contribution < -0.4 is 10.7 Å². The number of carbonyl (C=O) groups excluding carboxylic acids is 1. The molecule has 126 valence electrons. The van der Waals surface area contributed by atoms with Crippen molar-refractivity contribution in [1.29, 1.82) is 5.26 Å². The number of carboxylic acid groups (broad SMARTS) is 2. The molecule has 0 bridgehead atoms. The first-order valence-corrected chi connectivity index (χ1v) is 7.09. The Labute approximate surface area is 143 Å². The molecule has 0 aromatic heterocycles. The highest BCUT2D eigenvalue weighted by Gasteiger charge is 2.25. The SMILES string of the molecule is Cc1ccc2c(c1)/C(=N/Nc1ccc(C#N)cc1)C(=O)N2.O=C(O)O. The van der Waals surface area contributed by atoms with Crippen LogP contribution >= 0.6 is 0 Å². The molecule has 3 rings (SSSR count). The quantitative estimate of drug-likeness (QED) is 0.622. The zero-order valence-electron chi connectivity index (χ0n) is 13.1. The summed E-state index contributed by atoms with van der Waals surface area (Å²) in [5.74, 6) is -0.225. The van der Waals surface area contributed by atoms with E-state index in [1.54, 1.807) is 24.3 Å². The van der Waals surface area contributed by atoms with Crippen molar-refractivity contribution in [3.05, 3.63) is 59.2 Å². The molecular weight excluding hydrogens is 324 g/mol. The van der Waals surface area contributed by atoms with Crippen LogP contribution in [0.25, 0.3) is 0 Å². The zero-order valence-corrected chi connectivity index (χ0v) is 13.1. The lowest BCUT2D eigenvalue weighted by Crippen LogP contribution is -2.15. The molecule has 0 spiro atoms. The lowest BCUT2D eigenvalue weighted by Gasteiger charge is -2.02. The molecule has 2 aromatic rings. The van der Waals surface area contributed by atoms with E-state index in [-0.39, 0.29) is 5.91 Å². The van der Waals surface area contributed by atoms with Gasteiger partial charge in [-0.2, -0.15) is 10.4 Å². The van der Waals surface area contributed by atoms with Gasteiger partial charge in [-0.1, -0.05) is 11.6 Å². The van der Waals surface area contributed by atoms with Crippen molar-refractivity contribution in [2.24, 2.45) is 5.10 Å². The predicted octanol–water partition coefficient (Wildman–Crippen LogP) is 2.86. The number of aryl methyl sites for hydroxylation is 1. The molecule has 0 unspecified atom stereocenters. The second-order valence-corrected chi connectivity index (χ2v) is 5.05. The Morgan fingerprint density at radius 3 is 2.44 bits per heavy atom. The first-order chi connectivity index (χ1) is 11.9. The van der Waals surface area contributed by atoms with Crippen LogP contribution in [0.15, 0.2) is 47.6 Å². The summed E-state index contributed by atoms with van der Waals surface area (Å²) in [6.45, 7) is 1.97. The van der Waals surface area contributed by atoms with Crippen LogP contribution in [0, 0.1) is 18.3 Å². The van der Waals surface area contributed by atoms with Crippen molar-refractivity contribution in [3.8, 4) is 6.07 Å². The number of carbonyl (C=O) groups is 2. The molecular formula is C17H14N4O4. The fourth-order valence-electron chi connectivity index (χ4n) is 2.12. The van der Waals surface area contributed by atoms with Crippen molar-refractivity contribution >= 4 is 29.1 Å². The number of nitrogens with zero attached hydrogens (tertiary/aromatic N) is 2. The summed E-state index contributed by atoms with van der Waals surface area (Å²) < 4.78 is 0. The molecule has 1 aliphatic heterocycles. The first-order valence-electron chi connectivity index (χ1n) is 7.09. The second kappa shape index (κ2) is 7.61. The lowest BCUT2D eigenvalue weighted by molar-refractivity contribution is -0.110. The van der Waals surface area contributed by atoms with Crippen molar-refractivity contribution in [2.45, 2.75) is 6.92 Å². The fraction of sp³-hybridized carbons (Fsp3) is 0.0588. The van der Waals surface area contributed by atoms with Crippen LogP contribution in [0.4, 0.5) is 16.2 Å². The third kappa shape index (κ3) is 4.56. The number of rotatable bonds is 2. The van der Waals surface area contributed by atoms with Gasteiger partial charge in [0.1, 0.15) is 0 Å². The van der Waals surface area contributed by atoms with Crippen LogP contribution in [0.2, 0.25) is 0 Å². The molecule has 0 saturated carbocycles. The van der Waals surface area contributed by atoms with E-state index in [0.717, 1.165) is 22.5 Å². The average Bonchev–Trinajstić information content (AvgIpc) is 2.87. The van der Waals surface area contributed by atoms with Gasteiger partial charge in [0.25, 0.3) is 5.91 Å². The van der Waals surface area contributed by atoms with Gasteiger partial charge in [-0.3, -0.25) is 10.2 Å². The van der Waals surface area contributed by atoms with E-state index >= 15 is 0 Å². The van der Waals surface area contributed by atoms with Crippen LogP contribution in [-0.4, -0.2) is 28.0 Å². The molecule has 25 heavy (non-hydrogen) atoms. The van der Waals surface area contributed by atoms with E-state index in [9.17, 15) is 4.79 Å². The Balaban J connectivity index is 0.000000511. The Morgan fingerprint density at radius 1 is 1.20 bits per heavy atom. The van der Waals surface area contributed by atoms with Gasteiger partial charge in [-0.05, 0) is 43.3 Å². The van der Waals surface area contributed by atoms with E-state index < -0.39 is 6.16 Å². The van der Waals surface area contributed by atoms with Crippen molar-refractivity contribution in [1.82, 2.24) is 0 Å². The monoisotopic (exact) mass is 338 g/mol. The zero-order chi connectivity index (χ0) is 18.4. The van der Waals surface area contributed by atoms with Gasteiger partial charge in [0.15, 0.2) is 5.71 Å². The van der Waals surface area contributed by atoms with Crippen LogP contribution in [-0.2, 0) is 4.79 Å². The molecule has 4 N–H and O–H groups in total. The van der Waals surface area contributed by atoms with Crippen LogP contribution in [0.5, 0.6) is 0 Å². The summed E-state index contributed by atoms with van der Waals surface area (Å²) in [6, 6.07) is 14.6. The normalized spacial score (nSPS) is 13.1. The number of hydrogen-bond donors (Lipinski definition) is 4. The largest absolute Gasteiger partial charge is 0.503 e. The Kier molecular flexibility index (Phi) is 5.32. The lowest BCUT2D eigenvalue weighted by atomic mass is 10.1. The van der Waals surface area contributed by atoms with E-state index in [1.165, 1.54) is 0 Å². The number of fused-ring (bicyclic) bond motifs is 1. The molecule has 0 saturated heterocycles. The van der Waals surface area contributed by atoms with E-state index in [0.29, 0.717) is 11.3 Å². The highest BCUT2D eigenvalue weighted by molar-refractivity contribution is 6.53. The van der Waals surface area contributed by atoms with Crippen molar-refractivity contribution in [3.63, 3.8) is 0 Å². The maximum Gasteiger partial charge on any atom is 0.503 e. The molecule has 1 aliphatic rings. The number of amides is 1. The first kappa shape index (κ1) is 17.5. The number of nitrogens with one attached hydrogen (secondary N) is 2. The maximum atomic E-state index is 11.9. The summed E-state index contributed by atoms with van der Waals surface area (Å²) >= 11 is 0. The third-order valence-electron chi connectivity index (χ3n) is 3.20. The summed E-state index contributed by atoms with van der Waals surface area (Å²) in [7, 11) is 0. The smallest absolute Gasteiger partial charge is 0.450 e. The molecule has 0 atom stereocenters. The highest BCUT2D eigenvalue weighted by atomic mass is 16.6. The van der Waals surface area contributed by atoms with Crippen LogP contribution in [0.3, 0.4) is 0 Å². The Hall–Kier alpha value is -3.86. The van der Waals surface area contributed by atoms with Crippen LogP contribution in [0.1, 0.15) is 16.7 Å². The van der Waals surface area contributed by atoms with Gasteiger partial charge in [-0.25, -0.2) is 4.79 Å². The van der Waals surface area contributed by atoms with Crippen molar-refractivity contribution < 1.29 is 19.8 Å². The Bertz CT molecular complexity index is 879. The molecule has 1 heterocycles. The van der Waals surface area contributed by atoms with Gasteiger partial charge in [0, 0.05) is 5.56 Å². The molecule has 0 fully saturated rings. The molecule has 0 radical (unpaired) electrons. The van der Waals surface area contributed by atoms with E-state index in [1.807, 2.05) is 31.2 Å². The molecule has 2 aromatic carbocycles. The second-order valence-electron chi connectivity index (χ2n) is 5.05. The number of benzene rings is 2. The highest BCUT2D eigenvalue weighted by Crippen LogP contribution is 2.24. The van der Waals surface area contributed by atoms with Crippen molar-refractivity contribution in [2.75, 3.05) is 10.7 Å². The predicted molar refractivity (Wildman–Crippen MR) is 91.8 cm³/mol.